The van der Waals surface area contributed by atoms with Gasteiger partial charge in [0.2, 0.25) is 5.70 Å². The lowest BCUT2D eigenvalue weighted by atomic mass is 10.1. The monoisotopic (exact) mass is 224 g/mol. The van der Waals surface area contributed by atoms with Gasteiger partial charge in [-0.05, 0) is 11.6 Å². The number of aromatic hydroxyl groups is 1. The second-order valence-electron chi connectivity index (χ2n) is 3.05. The summed E-state index contributed by atoms with van der Waals surface area (Å²) in [4.78, 5) is 19.5. The maximum atomic E-state index is 10.5. The second kappa shape index (κ2) is 4.39. The fraction of sp³-hybridized carbons (Fsp3) is 0.111. The van der Waals surface area contributed by atoms with Crippen LogP contribution in [0.2, 0.25) is 0 Å². The molecule has 0 fully saturated rings. The van der Waals surface area contributed by atoms with Crippen molar-refractivity contribution in [3.63, 3.8) is 0 Å². The van der Waals surface area contributed by atoms with Crippen molar-refractivity contribution < 1.29 is 15.0 Å². The molecule has 1 N–H and O–H groups in total. The molecule has 0 saturated carbocycles. The lowest BCUT2D eigenvalue weighted by Crippen LogP contribution is -1.94. The Balaban J connectivity index is 3.18. The molecule has 84 valence electrons. The van der Waals surface area contributed by atoms with E-state index in [2.05, 4.69) is 0 Å². The third-order valence-corrected chi connectivity index (χ3v) is 1.86. The Morgan fingerprint density at radius 3 is 2.50 bits per heavy atom. The molecule has 0 aromatic heterocycles. The summed E-state index contributed by atoms with van der Waals surface area (Å²) in [5, 5.41) is 30.0. The molecule has 1 rings (SSSR count). The fourth-order valence-electron chi connectivity index (χ4n) is 1.07. The molecule has 0 unspecified atom stereocenters. The van der Waals surface area contributed by atoms with Gasteiger partial charge < -0.3 is 5.11 Å². The summed E-state index contributed by atoms with van der Waals surface area (Å²) in [6.45, 7) is 1.28. The van der Waals surface area contributed by atoms with Crippen LogP contribution in [0.15, 0.2) is 23.9 Å². The average molecular weight is 224 g/mol. The van der Waals surface area contributed by atoms with Crippen LogP contribution in [0.3, 0.4) is 0 Å². The van der Waals surface area contributed by atoms with Gasteiger partial charge in [-0.15, -0.1) is 0 Å². The van der Waals surface area contributed by atoms with Gasteiger partial charge in [-0.2, -0.15) is 0 Å². The number of nitrogens with zero attached hydrogens (tertiary/aromatic N) is 2. The molecule has 0 amide bonds. The molecular weight excluding hydrogens is 216 g/mol. The third-order valence-electron chi connectivity index (χ3n) is 1.86. The lowest BCUT2D eigenvalue weighted by molar-refractivity contribution is -0.422. The van der Waals surface area contributed by atoms with Crippen LogP contribution in [0, 0.1) is 20.2 Å². The van der Waals surface area contributed by atoms with Crippen LogP contribution in [-0.4, -0.2) is 15.0 Å². The Bertz CT molecular complexity index is 481. The molecule has 0 heterocycles. The van der Waals surface area contributed by atoms with Gasteiger partial charge in [0.1, 0.15) is 0 Å². The molecule has 0 bridgehead atoms. The van der Waals surface area contributed by atoms with Crippen molar-refractivity contribution in [1.29, 1.82) is 0 Å². The Morgan fingerprint density at radius 2 is 2.00 bits per heavy atom. The maximum absolute atomic E-state index is 10.5. The molecule has 0 aliphatic rings. The molecule has 0 aliphatic heterocycles. The molecule has 0 aliphatic carbocycles. The second-order valence-corrected chi connectivity index (χ2v) is 3.05. The Kier molecular flexibility index (Phi) is 3.19. The van der Waals surface area contributed by atoms with Gasteiger partial charge in [0.25, 0.3) is 0 Å². The topological polar surface area (TPSA) is 107 Å². The minimum atomic E-state index is -0.756. The van der Waals surface area contributed by atoms with Crippen molar-refractivity contribution in [2.24, 2.45) is 0 Å². The smallest absolute Gasteiger partial charge is 0.311 e. The van der Waals surface area contributed by atoms with Gasteiger partial charge in [-0.1, -0.05) is 6.07 Å². The maximum Gasteiger partial charge on any atom is 0.311 e. The molecule has 1 aromatic rings. The number of nitro groups is 2. The number of nitro benzene ring substituents is 1. The predicted molar refractivity (Wildman–Crippen MR) is 55.4 cm³/mol. The number of hydrogen-bond donors (Lipinski definition) is 1. The van der Waals surface area contributed by atoms with Crippen LogP contribution in [0.25, 0.3) is 6.08 Å². The van der Waals surface area contributed by atoms with E-state index in [9.17, 15) is 20.2 Å². The van der Waals surface area contributed by atoms with Crippen molar-refractivity contribution in [2.75, 3.05) is 0 Å². The summed E-state index contributed by atoms with van der Waals surface area (Å²) in [6.07, 6.45) is 1.19. The molecule has 0 spiro atoms. The highest BCUT2D eigenvalue weighted by Gasteiger charge is 2.13. The van der Waals surface area contributed by atoms with E-state index >= 15 is 0 Å². The van der Waals surface area contributed by atoms with E-state index in [1.807, 2.05) is 0 Å². The van der Waals surface area contributed by atoms with Gasteiger partial charge in [-0.3, -0.25) is 20.2 Å². The summed E-state index contributed by atoms with van der Waals surface area (Å²) in [5.41, 5.74) is -0.330. The molecular formula is C9H8N2O5. The number of rotatable bonds is 3. The van der Waals surface area contributed by atoms with E-state index in [4.69, 9.17) is 5.11 Å². The highest BCUT2D eigenvalue weighted by molar-refractivity contribution is 5.58. The number of allylic oxidation sites excluding steroid dienone is 1. The largest absolute Gasteiger partial charge is 0.502 e. The molecule has 16 heavy (non-hydrogen) atoms. The summed E-state index contributed by atoms with van der Waals surface area (Å²) in [7, 11) is 0. The van der Waals surface area contributed by atoms with E-state index in [1.54, 1.807) is 0 Å². The van der Waals surface area contributed by atoms with Crippen LogP contribution in [0.4, 0.5) is 5.69 Å². The predicted octanol–water partition coefficient (Wildman–Crippen LogP) is 1.94. The zero-order chi connectivity index (χ0) is 12.3. The first-order valence-corrected chi connectivity index (χ1v) is 4.22. The van der Waals surface area contributed by atoms with E-state index in [-0.39, 0.29) is 5.70 Å². The van der Waals surface area contributed by atoms with E-state index in [1.165, 1.54) is 19.1 Å². The van der Waals surface area contributed by atoms with E-state index < -0.39 is 21.3 Å². The highest BCUT2D eigenvalue weighted by atomic mass is 16.6. The van der Waals surface area contributed by atoms with Gasteiger partial charge in [0.15, 0.2) is 5.75 Å². The normalized spacial score (nSPS) is 11.2. The van der Waals surface area contributed by atoms with Crippen molar-refractivity contribution in [3.05, 3.63) is 49.7 Å². The zero-order valence-corrected chi connectivity index (χ0v) is 8.28. The van der Waals surface area contributed by atoms with Crippen molar-refractivity contribution in [1.82, 2.24) is 0 Å². The number of benzene rings is 1. The molecule has 1 aromatic carbocycles. The minimum Gasteiger partial charge on any atom is -0.502 e. The van der Waals surface area contributed by atoms with Crippen molar-refractivity contribution >= 4 is 11.8 Å². The summed E-state index contributed by atoms with van der Waals surface area (Å²) in [5.74, 6) is -0.471. The molecule has 7 heteroatoms. The summed E-state index contributed by atoms with van der Waals surface area (Å²) >= 11 is 0. The SMILES string of the molecule is C/C(=C\c1ccc(O)c([N+](=O)[O-])c1)[N+](=O)[O-]. The Labute approximate surface area is 89.9 Å². The first-order valence-electron chi connectivity index (χ1n) is 4.22. The van der Waals surface area contributed by atoms with Crippen LogP contribution < -0.4 is 0 Å². The molecule has 0 radical (unpaired) electrons. The third kappa shape index (κ3) is 2.53. The van der Waals surface area contributed by atoms with Gasteiger partial charge >= 0.3 is 5.69 Å². The average Bonchev–Trinajstić information content (AvgIpc) is 2.20. The van der Waals surface area contributed by atoms with E-state index in [0.717, 1.165) is 12.1 Å². The summed E-state index contributed by atoms with van der Waals surface area (Å²) in [6, 6.07) is 3.55. The molecule has 0 saturated heterocycles. The Hall–Kier alpha value is -2.44. The van der Waals surface area contributed by atoms with Gasteiger partial charge in [0.05, 0.1) is 9.85 Å². The molecule has 0 atom stereocenters. The lowest BCUT2D eigenvalue weighted by Gasteiger charge is -1.97. The Morgan fingerprint density at radius 1 is 1.38 bits per heavy atom. The minimum absolute atomic E-state index is 0.139. The van der Waals surface area contributed by atoms with E-state index in [0.29, 0.717) is 5.56 Å². The first kappa shape index (κ1) is 11.6. The standard InChI is InChI=1S/C9H8N2O5/c1-6(10(13)14)4-7-2-3-9(12)8(5-7)11(15)16/h2-5,12H,1H3/b6-4+. The van der Waals surface area contributed by atoms with Crippen LogP contribution in [-0.2, 0) is 0 Å². The van der Waals surface area contributed by atoms with Gasteiger partial charge in [-0.25, -0.2) is 0 Å². The zero-order valence-electron chi connectivity index (χ0n) is 8.28. The first-order chi connectivity index (χ1) is 7.41. The summed E-state index contributed by atoms with van der Waals surface area (Å²) < 4.78 is 0. The number of phenols is 1. The van der Waals surface area contributed by atoms with Crippen LogP contribution >= 0.6 is 0 Å². The van der Waals surface area contributed by atoms with Crippen molar-refractivity contribution in [3.8, 4) is 5.75 Å². The number of phenolic OH excluding ortho intramolecular Hbond substituents is 1. The number of hydrogen-bond acceptors (Lipinski definition) is 5. The van der Waals surface area contributed by atoms with Crippen LogP contribution in [0.5, 0.6) is 5.75 Å². The van der Waals surface area contributed by atoms with Crippen LogP contribution in [0.1, 0.15) is 12.5 Å². The molecule has 7 nitrogen and oxygen atoms in total. The van der Waals surface area contributed by atoms with Gasteiger partial charge in [0, 0.05) is 19.1 Å². The quantitative estimate of drug-likeness (QED) is 0.623. The highest BCUT2D eigenvalue weighted by Crippen LogP contribution is 2.27. The fourth-order valence-corrected chi connectivity index (χ4v) is 1.07. The van der Waals surface area contributed by atoms with Crippen molar-refractivity contribution in [2.45, 2.75) is 6.92 Å².